The van der Waals surface area contributed by atoms with E-state index in [9.17, 15) is 10.1 Å². The van der Waals surface area contributed by atoms with Crippen LogP contribution in [0.4, 0.5) is 5.69 Å². The summed E-state index contributed by atoms with van der Waals surface area (Å²) in [7, 11) is 0. The first kappa shape index (κ1) is 14.2. The third-order valence-corrected chi connectivity index (χ3v) is 3.38. The molecule has 0 saturated carbocycles. The van der Waals surface area contributed by atoms with E-state index in [0.29, 0.717) is 12.1 Å². The number of hydrogen-bond acceptors (Lipinski definition) is 3. The second-order valence-electron chi connectivity index (χ2n) is 4.89. The van der Waals surface area contributed by atoms with Crippen LogP contribution in [0.3, 0.4) is 0 Å². The number of nitrogens with zero attached hydrogens (tertiary/aromatic N) is 1. The van der Waals surface area contributed by atoms with Crippen LogP contribution in [0.15, 0.2) is 48.5 Å². The Hall–Kier alpha value is -2.20. The molecule has 2 rings (SSSR count). The summed E-state index contributed by atoms with van der Waals surface area (Å²) in [6, 6.07) is 15.7. The summed E-state index contributed by atoms with van der Waals surface area (Å²) in [6.07, 6.45) is 0. The molecule has 2 aromatic carbocycles. The van der Waals surface area contributed by atoms with Crippen LogP contribution in [-0.2, 0) is 6.54 Å². The number of nitro groups is 1. The molecule has 4 heteroatoms. The number of nitro benzene ring substituents is 1. The van der Waals surface area contributed by atoms with Crippen molar-refractivity contribution in [2.24, 2.45) is 0 Å². The minimum atomic E-state index is -0.334. The van der Waals surface area contributed by atoms with E-state index in [0.717, 1.165) is 5.56 Å². The monoisotopic (exact) mass is 270 g/mol. The van der Waals surface area contributed by atoms with Gasteiger partial charge in [0.15, 0.2) is 0 Å². The fourth-order valence-corrected chi connectivity index (χ4v) is 2.09. The van der Waals surface area contributed by atoms with Crippen molar-refractivity contribution >= 4 is 5.69 Å². The summed E-state index contributed by atoms with van der Waals surface area (Å²) in [4.78, 5) is 10.6. The highest BCUT2D eigenvalue weighted by Gasteiger charge is 2.11. The SMILES string of the molecule is Cc1ccc(CN[C@@H](C)c2ccccc2)cc1[N+](=O)[O-]. The molecule has 0 bridgehead atoms. The zero-order valence-corrected chi connectivity index (χ0v) is 11.7. The zero-order valence-electron chi connectivity index (χ0n) is 11.7. The highest BCUT2D eigenvalue weighted by molar-refractivity contribution is 5.42. The van der Waals surface area contributed by atoms with Gasteiger partial charge in [0.05, 0.1) is 4.92 Å². The predicted molar refractivity (Wildman–Crippen MR) is 79.5 cm³/mol. The molecule has 0 fully saturated rings. The van der Waals surface area contributed by atoms with Crippen molar-refractivity contribution in [3.8, 4) is 0 Å². The van der Waals surface area contributed by atoms with E-state index in [4.69, 9.17) is 0 Å². The molecule has 0 aliphatic heterocycles. The average Bonchev–Trinajstić information content (AvgIpc) is 2.46. The minimum absolute atomic E-state index is 0.177. The summed E-state index contributed by atoms with van der Waals surface area (Å²) in [5.74, 6) is 0. The Morgan fingerprint density at radius 3 is 2.55 bits per heavy atom. The molecule has 20 heavy (non-hydrogen) atoms. The first-order valence-corrected chi connectivity index (χ1v) is 6.60. The van der Waals surface area contributed by atoms with Crippen molar-refractivity contribution in [2.45, 2.75) is 26.4 Å². The maximum absolute atomic E-state index is 10.9. The molecule has 0 saturated heterocycles. The van der Waals surface area contributed by atoms with Gasteiger partial charge < -0.3 is 5.32 Å². The molecule has 1 atom stereocenters. The fourth-order valence-electron chi connectivity index (χ4n) is 2.09. The van der Waals surface area contributed by atoms with Gasteiger partial charge in [0.1, 0.15) is 0 Å². The molecule has 0 heterocycles. The molecular weight excluding hydrogens is 252 g/mol. The zero-order chi connectivity index (χ0) is 14.5. The van der Waals surface area contributed by atoms with E-state index >= 15 is 0 Å². The van der Waals surface area contributed by atoms with Gasteiger partial charge >= 0.3 is 0 Å². The van der Waals surface area contributed by atoms with Gasteiger partial charge in [-0.05, 0) is 25.0 Å². The third kappa shape index (κ3) is 3.42. The summed E-state index contributed by atoms with van der Waals surface area (Å²) in [5.41, 5.74) is 2.99. The van der Waals surface area contributed by atoms with E-state index in [1.54, 1.807) is 19.1 Å². The van der Waals surface area contributed by atoms with Crippen molar-refractivity contribution in [3.05, 3.63) is 75.3 Å². The lowest BCUT2D eigenvalue weighted by Gasteiger charge is -2.14. The first-order chi connectivity index (χ1) is 9.58. The Morgan fingerprint density at radius 1 is 1.20 bits per heavy atom. The van der Waals surface area contributed by atoms with Crippen LogP contribution >= 0.6 is 0 Å². The van der Waals surface area contributed by atoms with Gasteiger partial charge in [0, 0.05) is 24.2 Å². The van der Waals surface area contributed by atoms with E-state index in [2.05, 4.69) is 24.4 Å². The summed E-state index contributed by atoms with van der Waals surface area (Å²) < 4.78 is 0. The number of aryl methyl sites for hydroxylation is 1. The highest BCUT2D eigenvalue weighted by Crippen LogP contribution is 2.20. The van der Waals surface area contributed by atoms with Crippen LogP contribution in [-0.4, -0.2) is 4.92 Å². The van der Waals surface area contributed by atoms with Crippen molar-refractivity contribution in [1.29, 1.82) is 0 Å². The van der Waals surface area contributed by atoms with Crippen LogP contribution in [0.2, 0.25) is 0 Å². The van der Waals surface area contributed by atoms with Crippen LogP contribution in [0.5, 0.6) is 0 Å². The maximum atomic E-state index is 10.9. The molecule has 1 N–H and O–H groups in total. The molecule has 0 radical (unpaired) electrons. The largest absolute Gasteiger partial charge is 0.306 e. The minimum Gasteiger partial charge on any atom is -0.306 e. The Morgan fingerprint density at radius 2 is 1.90 bits per heavy atom. The lowest BCUT2D eigenvalue weighted by Crippen LogP contribution is -2.18. The molecule has 0 unspecified atom stereocenters. The molecule has 2 aromatic rings. The lowest BCUT2D eigenvalue weighted by molar-refractivity contribution is -0.385. The Bertz CT molecular complexity index is 597. The lowest BCUT2D eigenvalue weighted by atomic mass is 10.1. The van der Waals surface area contributed by atoms with E-state index in [-0.39, 0.29) is 16.7 Å². The number of rotatable bonds is 5. The molecular formula is C16H18N2O2. The smallest absolute Gasteiger partial charge is 0.272 e. The topological polar surface area (TPSA) is 55.2 Å². The first-order valence-electron chi connectivity index (χ1n) is 6.60. The van der Waals surface area contributed by atoms with E-state index < -0.39 is 0 Å². The normalized spacial score (nSPS) is 12.1. The van der Waals surface area contributed by atoms with Crippen molar-refractivity contribution in [2.75, 3.05) is 0 Å². The number of nitrogens with one attached hydrogen (secondary N) is 1. The maximum Gasteiger partial charge on any atom is 0.272 e. The van der Waals surface area contributed by atoms with E-state index in [1.807, 2.05) is 24.3 Å². The van der Waals surface area contributed by atoms with Gasteiger partial charge in [-0.2, -0.15) is 0 Å². The average molecular weight is 270 g/mol. The molecule has 0 spiro atoms. The van der Waals surface area contributed by atoms with Crippen molar-refractivity contribution < 1.29 is 4.92 Å². The van der Waals surface area contributed by atoms with Crippen LogP contribution in [0, 0.1) is 17.0 Å². The molecule has 0 aliphatic carbocycles. The summed E-state index contributed by atoms with van der Waals surface area (Å²) in [5, 5.41) is 14.3. The second kappa shape index (κ2) is 6.30. The van der Waals surface area contributed by atoms with Gasteiger partial charge in [0.25, 0.3) is 5.69 Å². The van der Waals surface area contributed by atoms with Gasteiger partial charge in [-0.25, -0.2) is 0 Å². The van der Waals surface area contributed by atoms with Crippen LogP contribution in [0.25, 0.3) is 0 Å². The van der Waals surface area contributed by atoms with Gasteiger partial charge in [-0.1, -0.05) is 42.5 Å². The Labute approximate surface area is 118 Å². The standard InChI is InChI=1S/C16H18N2O2/c1-12-8-9-14(10-16(12)18(19)20)11-17-13(2)15-6-4-3-5-7-15/h3-10,13,17H,11H2,1-2H3/t13-/m0/s1. The van der Waals surface area contributed by atoms with Gasteiger partial charge in [-0.15, -0.1) is 0 Å². The summed E-state index contributed by atoms with van der Waals surface area (Å²) in [6.45, 7) is 4.44. The number of benzene rings is 2. The molecule has 0 amide bonds. The molecule has 0 aromatic heterocycles. The van der Waals surface area contributed by atoms with Crippen LogP contribution < -0.4 is 5.32 Å². The predicted octanol–water partition coefficient (Wildman–Crippen LogP) is 3.75. The molecule has 104 valence electrons. The van der Waals surface area contributed by atoms with Gasteiger partial charge in [0.2, 0.25) is 0 Å². The number of hydrogen-bond donors (Lipinski definition) is 1. The van der Waals surface area contributed by atoms with Crippen molar-refractivity contribution in [3.63, 3.8) is 0 Å². The third-order valence-electron chi connectivity index (χ3n) is 3.38. The summed E-state index contributed by atoms with van der Waals surface area (Å²) >= 11 is 0. The fraction of sp³-hybridized carbons (Fsp3) is 0.250. The molecule has 0 aliphatic rings. The van der Waals surface area contributed by atoms with Gasteiger partial charge in [-0.3, -0.25) is 10.1 Å². The second-order valence-corrected chi connectivity index (χ2v) is 4.89. The highest BCUT2D eigenvalue weighted by atomic mass is 16.6. The Kier molecular flexibility index (Phi) is 4.48. The van der Waals surface area contributed by atoms with Crippen molar-refractivity contribution in [1.82, 2.24) is 5.32 Å². The quantitative estimate of drug-likeness (QED) is 0.665. The van der Waals surface area contributed by atoms with Crippen LogP contribution in [0.1, 0.15) is 29.7 Å². The van der Waals surface area contributed by atoms with E-state index in [1.165, 1.54) is 5.56 Å². The Balaban J connectivity index is 2.04. The molecule has 4 nitrogen and oxygen atoms in total.